The van der Waals surface area contributed by atoms with Gasteiger partial charge in [0.15, 0.2) is 0 Å². The van der Waals surface area contributed by atoms with Crippen LogP contribution in [0.15, 0.2) is 40.1 Å². The Hall–Kier alpha value is -2.41. The Bertz CT molecular complexity index is 705. The molecule has 0 fully saturated rings. The molecule has 0 spiro atoms. The van der Waals surface area contributed by atoms with E-state index in [-0.39, 0.29) is 25.2 Å². The van der Waals surface area contributed by atoms with E-state index in [0.717, 1.165) is 4.57 Å². The minimum absolute atomic E-state index is 0.198. The molecule has 20 heavy (non-hydrogen) atoms. The molecule has 2 rings (SSSR count). The fourth-order valence-corrected chi connectivity index (χ4v) is 1.85. The molecule has 0 saturated carbocycles. The Balaban J connectivity index is 2.36. The molecule has 2 aromatic heterocycles. The lowest BCUT2D eigenvalue weighted by Crippen LogP contribution is -2.40. The fourth-order valence-electron chi connectivity index (χ4n) is 1.85. The first-order valence-electron chi connectivity index (χ1n) is 6.16. The molecule has 7 heteroatoms. The van der Waals surface area contributed by atoms with Gasteiger partial charge in [-0.2, -0.15) is 0 Å². The van der Waals surface area contributed by atoms with Crippen LogP contribution in [0.1, 0.15) is 5.69 Å². The molecule has 0 saturated heterocycles. The number of aromatic nitrogens is 3. The molecule has 2 aromatic rings. The lowest BCUT2D eigenvalue weighted by atomic mass is 10.3. The first kappa shape index (κ1) is 14.0. The van der Waals surface area contributed by atoms with Crippen molar-refractivity contribution >= 4 is 0 Å². The van der Waals surface area contributed by atoms with Gasteiger partial charge in [-0.3, -0.25) is 13.9 Å². The zero-order valence-corrected chi connectivity index (χ0v) is 11.2. The maximum Gasteiger partial charge on any atom is 0.331 e. The lowest BCUT2D eigenvalue weighted by Gasteiger charge is -2.09. The Morgan fingerprint density at radius 1 is 1.30 bits per heavy atom. The number of pyridine rings is 1. The highest BCUT2D eigenvalue weighted by atomic mass is 16.5. The zero-order valence-electron chi connectivity index (χ0n) is 11.2. The maximum absolute atomic E-state index is 12.1. The van der Waals surface area contributed by atoms with Crippen LogP contribution in [0.5, 0.6) is 5.88 Å². The smallest absolute Gasteiger partial charge is 0.331 e. The molecule has 2 heterocycles. The average molecular weight is 276 g/mol. The number of ether oxygens (including phenoxy) is 1. The van der Waals surface area contributed by atoms with Crippen molar-refractivity contribution in [2.45, 2.75) is 13.1 Å². The molecule has 106 valence electrons. The van der Waals surface area contributed by atoms with Crippen LogP contribution < -0.4 is 21.7 Å². The lowest BCUT2D eigenvalue weighted by molar-refractivity contribution is 0.395. The summed E-state index contributed by atoms with van der Waals surface area (Å²) in [5.74, 6) is 0.478. The minimum atomic E-state index is -0.396. The van der Waals surface area contributed by atoms with Gasteiger partial charge in [-0.05, 0) is 6.07 Å². The van der Waals surface area contributed by atoms with Crippen molar-refractivity contribution in [1.29, 1.82) is 0 Å². The largest absolute Gasteiger partial charge is 0.481 e. The fraction of sp³-hybridized carbons (Fsp3) is 0.308. The van der Waals surface area contributed by atoms with Gasteiger partial charge < -0.3 is 10.5 Å². The van der Waals surface area contributed by atoms with E-state index in [0.29, 0.717) is 11.6 Å². The molecule has 0 unspecified atom stereocenters. The first-order chi connectivity index (χ1) is 9.65. The van der Waals surface area contributed by atoms with Gasteiger partial charge in [0.05, 0.1) is 19.3 Å². The molecular formula is C13H16N4O3. The van der Waals surface area contributed by atoms with Crippen LogP contribution in [0.2, 0.25) is 0 Å². The molecule has 2 N–H and O–H groups in total. The highest BCUT2D eigenvalue weighted by Crippen LogP contribution is 2.06. The van der Waals surface area contributed by atoms with Crippen molar-refractivity contribution in [2.75, 3.05) is 13.7 Å². The third-order valence-electron chi connectivity index (χ3n) is 2.82. The van der Waals surface area contributed by atoms with Crippen molar-refractivity contribution in [1.82, 2.24) is 14.1 Å². The van der Waals surface area contributed by atoms with Crippen molar-refractivity contribution in [3.63, 3.8) is 0 Å². The molecule has 0 aromatic carbocycles. The summed E-state index contributed by atoms with van der Waals surface area (Å²) in [7, 11) is 1.53. The number of rotatable bonds is 5. The zero-order chi connectivity index (χ0) is 14.5. The van der Waals surface area contributed by atoms with Crippen LogP contribution in [-0.4, -0.2) is 27.8 Å². The quantitative estimate of drug-likeness (QED) is 0.789. The molecule has 0 aliphatic heterocycles. The second-order valence-corrected chi connectivity index (χ2v) is 4.18. The third kappa shape index (κ3) is 2.94. The molecule has 0 atom stereocenters. The van der Waals surface area contributed by atoms with E-state index in [1.54, 1.807) is 18.2 Å². The summed E-state index contributed by atoms with van der Waals surface area (Å²) < 4.78 is 7.56. The Kier molecular flexibility index (Phi) is 4.31. The van der Waals surface area contributed by atoms with Gasteiger partial charge in [-0.1, -0.05) is 6.07 Å². The summed E-state index contributed by atoms with van der Waals surface area (Å²) in [5.41, 5.74) is 5.33. The summed E-state index contributed by atoms with van der Waals surface area (Å²) in [6.07, 6.45) is 1.46. The Labute approximate surface area is 115 Å². The van der Waals surface area contributed by atoms with Crippen molar-refractivity contribution < 1.29 is 4.74 Å². The topological polar surface area (TPSA) is 92.1 Å². The van der Waals surface area contributed by atoms with Crippen LogP contribution in [-0.2, 0) is 13.1 Å². The van der Waals surface area contributed by atoms with Crippen molar-refractivity contribution in [3.05, 3.63) is 57.0 Å². The van der Waals surface area contributed by atoms with Crippen LogP contribution in [0.4, 0.5) is 0 Å². The first-order valence-corrected chi connectivity index (χ1v) is 6.16. The van der Waals surface area contributed by atoms with E-state index < -0.39 is 5.69 Å². The second kappa shape index (κ2) is 6.16. The van der Waals surface area contributed by atoms with Crippen LogP contribution in [0.3, 0.4) is 0 Å². The summed E-state index contributed by atoms with van der Waals surface area (Å²) in [6.45, 7) is 0.696. The number of nitrogens with two attached hydrogens (primary N) is 1. The van der Waals surface area contributed by atoms with Crippen LogP contribution >= 0.6 is 0 Å². The van der Waals surface area contributed by atoms with E-state index >= 15 is 0 Å². The number of hydrogen-bond acceptors (Lipinski definition) is 5. The Morgan fingerprint density at radius 2 is 2.10 bits per heavy atom. The van der Waals surface area contributed by atoms with E-state index in [9.17, 15) is 9.59 Å². The average Bonchev–Trinajstić information content (AvgIpc) is 2.47. The van der Waals surface area contributed by atoms with E-state index in [1.165, 1.54) is 23.9 Å². The molecular weight excluding hydrogens is 260 g/mol. The highest BCUT2D eigenvalue weighted by molar-refractivity contribution is 5.15. The number of nitrogens with zero attached hydrogens (tertiary/aromatic N) is 3. The van der Waals surface area contributed by atoms with Crippen molar-refractivity contribution in [3.8, 4) is 5.88 Å². The number of hydrogen-bond donors (Lipinski definition) is 1. The van der Waals surface area contributed by atoms with Gasteiger partial charge in [0.2, 0.25) is 5.88 Å². The standard InChI is InChI=1S/C13H16N4O3/c1-20-11-4-2-3-10(15-11)9-16-7-5-12(18)17(8-6-14)13(16)19/h2-5,7H,6,8-9,14H2,1H3. The summed E-state index contributed by atoms with van der Waals surface area (Å²) in [5, 5.41) is 0. The van der Waals surface area contributed by atoms with Crippen LogP contribution in [0, 0.1) is 0 Å². The molecule has 0 aliphatic carbocycles. The summed E-state index contributed by atoms with van der Waals surface area (Å²) in [6, 6.07) is 6.65. The molecule has 0 amide bonds. The highest BCUT2D eigenvalue weighted by Gasteiger charge is 2.06. The molecule has 0 radical (unpaired) electrons. The van der Waals surface area contributed by atoms with Gasteiger partial charge in [0.25, 0.3) is 5.56 Å². The molecule has 7 nitrogen and oxygen atoms in total. The SMILES string of the molecule is COc1cccc(Cn2ccc(=O)n(CCN)c2=O)n1. The van der Waals surface area contributed by atoms with Crippen molar-refractivity contribution in [2.24, 2.45) is 5.73 Å². The van der Waals surface area contributed by atoms with Gasteiger partial charge in [-0.15, -0.1) is 0 Å². The second-order valence-electron chi connectivity index (χ2n) is 4.18. The van der Waals surface area contributed by atoms with Gasteiger partial charge >= 0.3 is 5.69 Å². The van der Waals surface area contributed by atoms with E-state index in [4.69, 9.17) is 10.5 Å². The number of methoxy groups -OCH3 is 1. The normalized spacial score (nSPS) is 10.5. The summed E-state index contributed by atoms with van der Waals surface area (Å²) >= 11 is 0. The Morgan fingerprint density at radius 3 is 2.80 bits per heavy atom. The minimum Gasteiger partial charge on any atom is -0.481 e. The monoisotopic (exact) mass is 276 g/mol. The molecule has 0 bridgehead atoms. The van der Waals surface area contributed by atoms with Crippen LogP contribution in [0.25, 0.3) is 0 Å². The van der Waals surface area contributed by atoms with E-state index in [2.05, 4.69) is 4.98 Å². The third-order valence-corrected chi connectivity index (χ3v) is 2.82. The predicted molar refractivity (Wildman–Crippen MR) is 73.9 cm³/mol. The van der Waals surface area contributed by atoms with Gasteiger partial charge in [0, 0.05) is 31.4 Å². The van der Waals surface area contributed by atoms with Gasteiger partial charge in [-0.25, -0.2) is 9.78 Å². The van der Waals surface area contributed by atoms with E-state index in [1.807, 2.05) is 0 Å². The molecule has 0 aliphatic rings. The predicted octanol–water partition coefficient (Wildman–Crippen LogP) is -0.579. The van der Waals surface area contributed by atoms with Gasteiger partial charge in [0.1, 0.15) is 0 Å². The summed E-state index contributed by atoms with van der Waals surface area (Å²) in [4.78, 5) is 28.0. The maximum atomic E-state index is 12.1.